The van der Waals surface area contributed by atoms with Crippen LogP contribution in [0.25, 0.3) is 0 Å². The minimum absolute atomic E-state index is 0.322. The van der Waals surface area contributed by atoms with Crippen molar-refractivity contribution in [1.82, 2.24) is 5.32 Å². The van der Waals surface area contributed by atoms with Crippen molar-refractivity contribution in [2.75, 3.05) is 19.8 Å². The minimum Gasteiger partial charge on any atom is -0.466 e. The Balaban J connectivity index is 2.29. The van der Waals surface area contributed by atoms with Gasteiger partial charge in [0.25, 0.3) is 0 Å². The molecule has 0 amide bonds. The molecule has 0 aliphatic rings. The fourth-order valence-electron chi connectivity index (χ4n) is 1.78. The van der Waals surface area contributed by atoms with Gasteiger partial charge in [-0.05, 0) is 33.3 Å². The Morgan fingerprint density at radius 2 is 2.12 bits per heavy atom. The summed E-state index contributed by atoms with van der Waals surface area (Å²) in [5.74, 6) is 1.98. The first-order valence-corrected chi connectivity index (χ1v) is 6.03. The Hall–Kier alpha value is -0.800. The predicted molar refractivity (Wildman–Crippen MR) is 65.7 cm³/mol. The van der Waals surface area contributed by atoms with Crippen LogP contribution in [0.1, 0.15) is 43.4 Å². The van der Waals surface area contributed by atoms with E-state index >= 15 is 0 Å². The van der Waals surface area contributed by atoms with E-state index < -0.39 is 0 Å². The summed E-state index contributed by atoms with van der Waals surface area (Å²) >= 11 is 0. The van der Waals surface area contributed by atoms with Crippen LogP contribution in [0.15, 0.2) is 10.5 Å². The van der Waals surface area contributed by atoms with Crippen molar-refractivity contribution >= 4 is 0 Å². The summed E-state index contributed by atoms with van der Waals surface area (Å²) in [5, 5.41) is 3.43. The summed E-state index contributed by atoms with van der Waals surface area (Å²) in [4.78, 5) is 0. The van der Waals surface area contributed by atoms with Crippen molar-refractivity contribution in [3.8, 4) is 0 Å². The van der Waals surface area contributed by atoms with E-state index in [1.165, 1.54) is 5.56 Å². The Bertz CT molecular complexity index is 307. The first-order valence-electron chi connectivity index (χ1n) is 6.03. The summed E-state index contributed by atoms with van der Waals surface area (Å²) in [6.45, 7) is 10.8. The highest BCUT2D eigenvalue weighted by Crippen LogP contribution is 2.20. The number of aryl methyl sites for hydroxylation is 2. The van der Waals surface area contributed by atoms with Crippen LogP contribution in [-0.2, 0) is 4.74 Å². The van der Waals surface area contributed by atoms with Crippen molar-refractivity contribution in [3.05, 3.63) is 23.2 Å². The van der Waals surface area contributed by atoms with Crippen LogP contribution in [0.2, 0.25) is 0 Å². The highest BCUT2D eigenvalue weighted by atomic mass is 16.5. The van der Waals surface area contributed by atoms with Gasteiger partial charge in [0.1, 0.15) is 11.5 Å². The van der Waals surface area contributed by atoms with Crippen LogP contribution in [0, 0.1) is 13.8 Å². The van der Waals surface area contributed by atoms with Gasteiger partial charge < -0.3 is 14.5 Å². The van der Waals surface area contributed by atoms with Crippen molar-refractivity contribution in [3.63, 3.8) is 0 Å². The van der Waals surface area contributed by atoms with Gasteiger partial charge in [0.05, 0.1) is 6.61 Å². The molecule has 0 spiro atoms. The molecule has 0 bridgehead atoms. The fourth-order valence-corrected chi connectivity index (χ4v) is 1.78. The van der Waals surface area contributed by atoms with Gasteiger partial charge in [0, 0.05) is 24.8 Å². The molecule has 0 fully saturated rings. The predicted octanol–water partition coefficient (Wildman–Crippen LogP) is 2.97. The third-order valence-electron chi connectivity index (χ3n) is 2.59. The van der Waals surface area contributed by atoms with Crippen LogP contribution in [0.4, 0.5) is 0 Å². The molecule has 1 unspecified atom stereocenters. The van der Waals surface area contributed by atoms with Gasteiger partial charge in [0.2, 0.25) is 0 Å². The zero-order valence-electron chi connectivity index (χ0n) is 10.8. The lowest BCUT2D eigenvalue weighted by Crippen LogP contribution is -2.23. The summed E-state index contributed by atoms with van der Waals surface area (Å²) < 4.78 is 10.9. The second-order valence-electron chi connectivity index (χ2n) is 4.16. The Labute approximate surface area is 98.2 Å². The van der Waals surface area contributed by atoms with E-state index in [-0.39, 0.29) is 0 Å². The molecule has 0 aliphatic heterocycles. The van der Waals surface area contributed by atoms with E-state index in [4.69, 9.17) is 9.15 Å². The largest absolute Gasteiger partial charge is 0.466 e. The molecule has 1 heterocycles. The second kappa shape index (κ2) is 6.71. The average Bonchev–Trinajstić information content (AvgIpc) is 2.57. The molecular weight excluding hydrogens is 202 g/mol. The van der Waals surface area contributed by atoms with Crippen LogP contribution >= 0.6 is 0 Å². The van der Waals surface area contributed by atoms with E-state index in [2.05, 4.69) is 25.2 Å². The summed E-state index contributed by atoms with van der Waals surface area (Å²) in [7, 11) is 0. The molecule has 0 radical (unpaired) electrons. The van der Waals surface area contributed by atoms with E-state index in [1.807, 2.05) is 13.8 Å². The van der Waals surface area contributed by atoms with Crippen LogP contribution in [0.3, 0.4) is 0 Å². The lowest BCUT2D eigenvalue weighted by atomic mass is 10.1. The first-order chi connectivity index (χ1) is 7.65. The van der Waals surface area contributed by atoms with E-state index in [0.29, 0.717) is 6.04 Å². The molecule has 92 valence electrons. The maximum atomic E-state index is 5.51. The molecule has 1 aromatic heterocycles. The van der Waals surface area contributed by atoms with Crippen molar-refractivity contribution in [1.29, 1.82) is 0 Å². The van der Waals surface area contributed by atoms with Crippen molar-refractivity contribution < 1.29 is 9.15 Å². The molecule has 3 nitrogen and oxygen atoms in total. The number of hydrogen-bond donors (Lipinski definition) is 1. The van der Waals surface area contributed by atoms with Crippen LogP contribution < -0.4 is 5.32 Å². The van der Waals surface area contributed by atoms with Gasteiger partial charge in [-0.25, -0.2) is 0 Å². The van der Waals surface area contributed by atoms with E-state index in [1.54, 1.807) is 0 Å². The number of nitrogens with one attached hydrogen (secondary N) is 1. The van der Waals surface area contributed by atoms with Crippen LogP contribution in [-0.4, -0.2) is 19.8 Å². The number of hydrogen-bond acceptors (Lipinski definition) is 3. The SMILES string of the molecule is CCCOCCNC(C)c1cc(C)oc1C. The highest BCUT2D eigenvalue weighted by molar-refractivity contribution is 5.23. The maximum absolute atomic E-state index is 5.51. The topological polar surface area (TPSA) is 34.4 Å². The molecule has 3 heteroatoms. The fraction of sp³-hybridized carbons (Fsp3) is 0.692. The molecule has 0 saturated carbocycles. The Kier molecular flexibility index (Phi) is 5.56. The summed E-state index contributed by atoms with van der Waals surface area (Å²) in [6, 6.07) is 2.42. The number of furan rings is 1. The number of rotatable bonds is 7. The van der Waals surface area contributed by atoms with Gasteiger partial charge in [-0.15, -0.1) is 0 Å². The van der Waals surface area contributed by atoms with Gasteiger partial charge in [-0.2, -0.15) is 0 Å². The third-order valence-corrected chi connectivity index (χ3v) is 2.59. The summed E-state index contributed by atoms with van der Waals surface area (Å²) in [6.07, 6.45) is 1.08. The summed E-state index contributed by atoms with van der Waals surface area (Å²) in [5.41, 5.74) is 1.24. The van der Waals surface area contributed by atoms with Crippen molar-refractivity contribution in [2.45, 2.75) is 40.2 Å². The Morgan fingerprint density at radius 1 is 1.38 bits per heavy atom. The lowest BCUT2D eigenvalue weighted by molar-refractivity contribution is 0.134. The minimum atomic E-state index is 0.322. The van der Waals surface area contributed by atoms with Gasteiger partial charge >= 0.3 is 0 Å². The van der Waals surface area contributed by atoms with E-state index in [9.17, 15) is 0 Å². The molecule has 16 heavy (non-hydrogen) atoms. The molecule has 1 rings (SSSR count). The van der Waals surface area contributed by atoms with E-state index in [0.717, 1.165) is 37.7 Å². The van der Waals surface area contributed by atoms with Gasteiger partial charge in [-0.3, -0.25) is 0 Å². The molecule has 0 aliphatic carbocycles. The second-order valence-corrected chi connectivity index (χ2v) is 4.16. The Morgan fingerprint density at radius 3 is 2.69 bits per heavy atom. The molecular formula is C13H23NO2. The van der Waals surface area contributed by atoms with Gasteiger partial charge in [0.15, 0.2) is 0 Å². The van der Waals surface area contributed by atoms with Crippen molar-refractivity contribution in [2.24, 2.45) is 0 Å². The normalized spacial score (nSPS) is 13.0. The molecule has 1 N–H and O–H groups in total. The molecule has 0 saturated heterocycles. The standard InChI is InChI=1S/C13H23NO2/c1-5-7-15-8-6-14-11(3)13-9-10(2)16-12(13)4/h9,11,14H,5-8H2,1-4H3. The highest BCUT2D eigenvalue weighted by Gasteiger charge is 2.11. The van der Waals surface area contributed by atoms with Crippen LogP contribution in [0.5, 0.6) is 0 Å². The smallest absolute Gasteiger partial charge is 0.105 e. The maximum Gasteiger partial charge on any atom is 0.105 e. The zero-order chi connectivity index (χ0) is 12.0. The average molecular weight is 225 g/mol. The quantitative estimate of drug-likeness (QED) is 0.724. The van der Waals surface area contributed by atoms with Gasteiger partial charge in [-0.1, -0.05) is 6.92 Å². The molecule has 1 aromatic rings. The molecule has 1 atom stereocenters. The molecule has 0 aromatic carbocycles. The zero-order valence-corrected chi connectivity index (χ0v) is 10.8. The third kappa shape index (κ3) is 3.99. The number of ether oxygens (including phenoxy) is 1. The monoisotopic (exact) mass is 225 g/mol. The first kappa shape index (κ1) is 13.3. The lowest BCUT2D eigenvalue weighted by Gasteiger charge is -2.12.